The smallest absolute Gasteiger partial charge is 0.422 e. The maximum absolute atomic E-state index is 12.1. The Kier molecular flexibility index (Phi) is 3.81. The molecule has 23 heavy (non-hydrogen) atoms. The quantitative estimate of drug-likeness (QED) is 0.784. The first-order valence-corrected chi connectivity index (χ1v) is 6.91. The van der Waals surface area contributed by atoms with Crippen LogP contribution in [0.5, 0.6) is 5.75 Å². The van der Waals surface area contributed by atoms with E-state index in [0.717, 1.165) is 0 Å². The minimum Gasteiger partial charge on any atom is -0.484 e. The van der Waals surface area contributed by atoms with Gasteiger partial charge < -0.3 is 9.72 Å². The van der Waals surface area contributed by atoms with Crippen LogP contribution in [0, 0.1) is 0 Å². The summed E-state index contributed by atoms with van der Waals surface area (Å²) in [5.41, 5.74) is 1.30. The third-order valence-electron chi connectivity index (χ3n) is 3.14. The van der Waals surface area contributed by atoms with Crippen molar-refractivity contribution in [3.8, 4) is 11.4 Å². The van der Waals surface area contributed by atoms with Gasteiger partial charge in [-0.2, -0.15) is 13.2 Å². The summed E-state index contributed by atoms with van der Waals surface area (Å²) in [7, 11) is 0. The summed E-state index contributed by atoms with van der Waals surface area (Å²) in [6, 6.07) is 10.7. The van der Waals surface area contributed by atoms with E-state index >= 15 is 0 Å². The van der Waals surface area contributed by atoms with Crippen molar-refractivity contribution in [3.05, 3.63) is 58.0 Å². The Morgan fingerprint density at radius 2 is 1.83 bits per heavy atom. The zero-order chi connectivity index (χ0) is 16.6. The van der Waals surface area contributed by atoms with Gasteiger partial charge in [-0.05, 0) is 42.5 Å². The number of hydrogen-bond donors (Lipinski definition) is 1. The number of alkyl halides is 3. The van der Waals surface area contributed by atoms with Crippen molar-refractivity contribution in [2.45, 2.75) is 6.18 Å². The van der Waals surface area contributed by atoms with Crippen molar-refractivity contribution < 1.29 is 17.9 Å². The van der Waals surface area contributed by atoms with E-state index in [1.165, 1.54) is 28.8 Å². The Balaban J connectivity index is 1.95. The third-order valence-corrected chi connectivity index (χ3v) is 3.38. The standard InChI is InChI=1S/C15H10ClF3N2O2/c16-9-1-6-12-13(7-9)21(14(22)20-12)10-2-4-11(5-3-10)23-8-15(17,18)19/h1-7H,8H2,(H,20,22). The largest absolute Gasteiger partial charge is 0.484 e. The molecule has 0 fully saturated rings. The van der Waals surface area contributed by atoms with Crippen LogP contribution in [0.2, 0.25) is 5.02 Å². The number of imidazole rings is 1. The van der Waals surface area contributed by atoms with Gasteiger partial charge in [0.05, 0.1) is 16.7 Å². The van der Waals surface area contributed by atoms with Gasteiger partial charge in [0, 0.05) is 5.02 Å². The van der Waals surface area contributed by atoms with Crippen LogP contribution in [0.3, 0.4) is 0 Å². The number of benzene rings is 2. The minimum absolute atomic E-state index is 0.0667. The minimum atomic E-state index is -4.40. The summed E-state index contributed by atoms with van der Waals surface area (Å²) in [4.78, 5) is 14.8. The van der Waals surface area contributed by atoms with Gasteiger partial charge in [-0.25, -0.2) is 4.79 Å². The Morgan fingerprint density at radius 3 is 2.48 bits per heavy atom. The third kappa shape index (κ3) is 3.34. The number of fused-ring (bicyclic) bond motifs is 1. The number of nitrogens with zero attached hydrogens (tertiary/aromatic N) is 1. The summed E-state index contributed by atoms with van der Waals surface area (Å²) in [6.45, 7) is -1.37. The number of hydrogen-bond acceptors (Lipinski definition) is 2. The second kappa shape index (κ2) is 5.66. The second-order valence-corrected chi connectivity index (χ2v) is 5.26. The molecule has 4 nitrogen and oxygen atoms in total. The molecule has 8 heteroatoms. The molecule has 0 aliphatic heterocycles. The van der Waals surface area contributed by atoms with Gasteiger partial charge in [0.15, 0.2) is 6.61 Å². The fraction of sp³-hybridized carbons (Fsp3) is 0.133. The van der Waals surface area contributed by atoms with E-state index in [4.69, 9.17) is 11.6 Å². The van der Waals surface area contributed by atoms with Crippen LogP contribution in [0.25, 0.3) is 16.7 Å². The fourth-order valence-corrected chi connectivity index (χ4v) is 2.36. The fourth-order valence-electron chi connectivity index (χ4n) is 2.19. The molecule has 0 radical (unpaired) electrons. The Morgan fingerprint density at radius 1 is 1.13 bits per heavy atom. The molecule has 3 aromatic rings. The first-order valence-electron chi connectivity index (χ1n) is 6.54. The van der Waals surface area contributed by atoms with E-state index in [1.807, 2.05) is 0 Å². The number of H-pyrrole nitrogens is 1. The van der Waals surface area contributed by atoms with Gasteiger partial charge in [-0.3, -0.25) is 4.57 Å². The van der Waals surface area contributed by atoms with Crippen molar-refractivity contribution in [1.82, 2.24) is 9.55 Å². The molecule has 120 valence electrons. The molecule has 0 aliphatic carbocycles. The first-order chi connectivity index (χ1) is 10.8. The number of aromatic nitrogens is 2. The average Bonchev–Trinajstić information content (AvgIpc) is 2.80. The molecule has 0 aliphatic rings. The Labute approximate surface area is 133 Å². The van der Waals surface area contributed by atoms with E-state index in [2.05, 4.69) is 9.72 Å². The average molecular weight is 343 g/mol. The lowest BCUT2D eigenvalue weighted by Gasteiger charge is -2.10. The van der Waals surface area contributed by atoms with Crippen LogP contribution < -0.4 is 10.4 Å². The lowest BCUT2D eigenvalue weighted by atomic mass is 10.2. The molecule has 2 aromatic carbocycles. The zero-order valence-corrected chi connectivity index (χ0v) is 12.3. The molecule has 1 aromatic heterocycles. The molecule has 0 bridgehead atoms. The molecule has 1 heterocycles. The van der Waals surface area contributed by atoms with Crippen LogP contribution in [0.15, 0.2) is 47.3 Å². The highest BCUT2D eigenvalue weighted by Gasteiger charge is 2.28. The van der Waals surface area contributed by atoms with Crippen LogP contribution >= 0.6 is 11.6 Å². The van der Waals surface area contributed by atoms with E-state index in [0.29, 0.717) is 21.7 Å². The molecule has 0 unspecified atom stereocenters. The van der Waals surface area contributed by atoms with Crippen LogP contribution in [0.4, 0.5) is 13.2 Å². The maximum atomic E-state index is 12.1. The molecule has 0 amide bonds. The lowest BCUT2D eigenvalue weighted by Crippen LogP contribution is -2.19. The molecular weight excluding hydrogens is 333 g/mol. The summed E-state index contributed by atoms with van der Waals surface area (Å²) in [5, 5.41) is 0.468. The molecule has 0 saturated heterocycles. The summed E-state index contributed by atoms with van der Waals surface area (Å²) in [6.07, 6.45) is -4.40. The molecule has 0 saturated carbocycles. The van der Waals surface area contributed by atoms with Crippen molar-refractivity contribution >= 4 is 22.6 Å². The maximum Gasteiger partial charge on any atom is 0.422 e. The van der Waals surface area contributed by atoms with Crippen LogP contribution in [0.1, 0.15) is 0 Å². The van der Waals surface area contributed by atoms with Crippen LogP contribution in [-0.2, 0) is 0 Å². The molecular formula is C15H10ClF3N2O2. The Bertz CT molecular complexity index is 898. The van der Waals surface area contributed by atoms with Gasteiger partial charge in [0.2, 0.25) is 0 Å². The van der Waals surface area contributed by atoms with Gasteiger partial charge in [-0.1, -0.05) is 11.6 Å². The van der Waals surface area contributed by atoms with Crippen molar-refractivity contribution in [2.24, 2.45) is 0 Å². The second-order valence-electron chi connectivity index (χ2n) is 4.82. The van der Waals surface area contributed by atoms with Crippen molar-refractivity contribution in [1.29, 1.82) is 0 Å². The Hall–Kier alpha value is -2.41. The van der Waals surface area contributed by atoms with Crippen molar-refractivity contribution in [2.75, 3.05) is 6.61 Å². The van der Waals surface area contributed by atoms with Crippen molar-refractivity contribution in [3.63, 3.8) is 0 Å². The zero-order valence-electron chi connectivity index (χ0n) is 11.5. The summed E-state index contributed by atoms with van der Waals surface area (Å²) in [5.74, 6) is 0.0667. The molecule has 0 atom stereocenters. The van der Waals surface area contributed by atoms with E-state index in [-0.39, 0.29) is 11.4 Å². The molecule has 1 N–H and O–H groups in total. The summed E-state index contributed by atoms with van der Waals surface area (Å²) < 4.78 is 42.4. The van der Waals surface area contributed by atoms with Crippen LogP contribution in [-0.4, -0.2) is 22.3 Å². The predicted molar refractivity (Wildman–Crippen MR) is 80.5 cm³/mol. The lowest BCUT2D eigenvalue weighted by molar-refractivity contribution is -0.153. The topological polar surface area (TPSA) is 47.0 Å². The van der Waals surface area contributed by atoms with Gasteiger partial charge >= 0.3 is 11.9 Å². The number of ether oxygens (including phenoxy) is 1. The molecule has 0 spiro atoms. The summed E-state index contributed by atoms with van der Waals surface area (Å²) >= 11 is 5.94. The number of rotatable bonds is 3. The van der Waals surface area contributed by atoms with Gasteiger partial charge in [0.25, 0.3) is 0 Å². The number of halogens is 4. The first kappa shape index (κ1) is 15.5. The highest BCUT2D eigenvalue weighted by Crippen LogP contribution is 2.22. The van der Waals surface area contributed by atoms with E-state index < -0.39 is 12.8 Å². The SMILES string of the molecule is O=c1[nH]c2ccc(Cl)cc2n1-c1ccc(OCC(F)(F)F)cc1. The predicted octanol–water partition coefficient (Wildman–Crippen LogP) is 3.91. The number of nitrogens with one attached hydrogen (secondary N) is 1. The highest BCUT2D eigenvalue weighted by atomic mass is 35.5. The van der Waals surface area contributed by atoms with Gasteiger partial charge in [-0.15, -0.1) is 0 Å². The number of aromatic amines is 1. The van der Waals surface area contributed by atoms with E-state index in [1.54, 1.807) is 18.2 Å². The normalized spacial score (nSPS) is 11.8. The monoisotopic (exact) mass is 342 g/mol. The van der Waals surface area contributed by atoms with E-state index in [9.17, 15) is 18.0 Å². The highest BCUT2D eigenvalue weighted by molar-refractivity contribution is 6.31. The van der Waals surface area contributed by atoms with Gasteiger partial charge in [0.1, 0.15) is 5.75 Å². The molecule has 3 rings (SSSR count).